The van der Waals surface area contributed by atoms with Crippen molar-refractivity contribution in [1.82, 2.24) is 5.32 Å². The maximum Gasteiger partial charge on any atom is 0.350 e. The molecule has 0 unspecified atom stereocenters. The molecule has 202 valence electrons. The van der Waals surface area contributed by atoms with Crippen molar-refractivity contribution in [3.8, 4) is 0 Å². The van der Waals surface area contributed by atoms with E-state index in [-0.39, 0.29) is 13.0 Å². The van der Waals surface area contributed by atoms with E-state index in [4.69, 9.17) is 15.2 Å². The Bertz CT molecular complexity index is 1290. The van der Waals surface area contributed by atoms with Gasteiger partial charge in [0.2, 0.25) is 0 Å². The van der Waals surface area contributed by atoms with E-state index in [9.17, 15) is 9.59 Å². The van der Waals surface area contributed by atoms with Gasteiger partial charge in [0, 0.05) is 6.89 Å². The lowest BCUT2D eigenvalue weighted by Gasteiger charge is -2.50. The van der Waals surface area contributed by atoms with Crippen molar-refractivity contribution in [2.24, 2.45) is 5.73 Å². The molecular weight excluding hydrogens is 507 g/mol. The Morgan fingerprint density at radius 2 is 1.49 bits per heavy atom. The summed E-state index contributed by atoms with van der Waals surface area (Å²) in [5.74, 6) is -0.955. The molecule has 1 heterocycles. The Balaban J connectivity index is 2.15. The van der Waals surface area contributed by atoms with Crippen molar-refractivity contribution in [3.05, 3.63) is 116 Å². The topological polar surface area (TPSA) is 90.6 Å². The number of allylic oxidation sites excluding steroid dienone is 1. The van der Waals surface area contributed by atoms with Crippen LogP contribution in [0.15, 0.2) is 116 Å². The second kappa shape index (κ2) is 12.0. The molecule has 0 spiro atoms. The third-order valence-electron chi connectivity index (χ3n) is 6.86. The van der Waals surface area contributed by atoms with Crippen LogP contribution in [0.5, 0.6) is 0 Å². The van der Waals surface area contributed by atoms with Gasteiger partial charge in [-0.15, -0.1) is 0 Å². The summed E-state index contributed by atoms with van der Waals surface area (Å²) in [6, 6.07) is 29.7. The number of ether oxygens (including phenoxy) is 2. The number of benzene rings is 3. The van der Waals surface area contributed by atoms with Crippen molar-refractivity contribution < 1.29 is 19.1 Å². The molecule has 0 bridgehead atoms. The van der Waals surface area contributed by atoms with Gasteiger partial charge in [0.1, 0.15) is 18.4 Å². The molecule has 39 heavy (non-hydrogen) atoms. The zero-order valence-corrected chi connectivity index (χ0v) is 23.3. The molecule has 0 amide bonds. The van der Waals surface area contributed by atoms with Gasteiger partial charge in [0.05, 0.1) is 5.54 Å². The molecule has 2 atom stereocenters. The first-order valence-electron chi connectivity index (χ1n) is 13.0. The van der Waals surface area contributed by atoms with Crippen LogP contribution in [-0.2, 0) is 19.1 Å². The van der Waals surface area contributed by atoms with Gasteiger partial charge in [0.15, 0.2) is 5.72 Å². The molecule has 0 saturated carbocycles. The molecule has 0 aliphatic carbocycles. The Hall–Kier alpha value is -3.70. The maximum absolute atomic E-state index is 14.2. The zero-order chi connectivity index (χ0) is 27.9. The molecular formula is C32H35N2O4P. The normalized spacial score (nSPS) is 18.5. The summed E-state index contributed by atoms with van der Waals surface area (Å²) in [5, 5.41) is 6.23. The third kappa shape index (κ3) is 5.41. The lowest BCUT2D eigenvalue weighted by atomic mass is 9.82. The van der Waals surface area contributed by atoms with E-state index in [1.807, 2.05) is 110 Å². The van der Waals surface area contributed by atoms with Crippen LogP contribution in [-0.4, -0.2) is 35.2 Å². The van der Waals surface area contributed by atoms with Crippen molar-refractivity contribution in [2.75, 3.05) is 6.61 Å². The molecule has 6 nitrogen and oxygen atoms in total. The van der Waals surface area contributed by atoms with Crippen molar-refractivity contribution >= 4 is 40.2 Å². The minimum Gasteiger partial charge on any atom is -0.457 e. The lowest BCUT2D eigenvalue weighted by Crippen LogP contribution is -2.75. The van der Waals surface area contributed by atoms with Gasteiger partial charge in [-0.05, 0) is 29.3 Å². The van der Waals surface area contributed by atoms with E-state index < -0.39 is 30.1 Å². The lowest BCUT2D eigenvalue weighted by molar-refractivity contribution is -0.205. The smallest absolute Gasteiger partial charge is 0.350 e. The molecule has 1 saturated heterocycles. The Kier molecular flexibility index (Phi) is 8.71. The highest BCUT2D eigenvalue weighted by Crippen LogP contribution is 2.47. The molecule has 4 rings (SSSR count). The average Bonchev–Trinajstić information content (AvgIpc) is 2.95. The molecule has 1 aliphatic heterocycles. The highest BCUT2D eigenvalue weighted by atomic mass is 31.2. The van der Waals surface area contributed by atoms with Gasteiger partial charge in [0.25, 0.3) is 0 Å². The quantitative estimate of drug-likeness (QED) is 0.218. The molecule has 7 heteroatoms. The monoisotopic (exact) mass is 542 g/mol. The van der Waals surface area contributed by atoms with Crippen LogP contribution in [0.25, 0.3) is 0 Å². The van der Waals surface area contributed by atoms with Gasteiger partial charge >= 0.3 is 11.9 Å². The second-order valence-corrected chi connectivity index (χ2v) is 12.9. The fraction of sp³-hybridized carbons (Fsp3) is 0.219. The predicted molar refractivity (Wildman–Crippen MR) is 160 cm³/mol. The fourth-order valence-corrected chi connectivity index (χ4v) is 9.06. The van der Waals surface area contributed by atoms with Gasteiger partial charge in [-0.25, -0.2) is 10.1 Å². The second-order valence-electron chi connectivity index (χ2n) is 9.61. The first-order valence-corrected chi connectivity index (χ1v) is 14.8. The Labute approximate surface area is 230 Å². The van der Waals surface area contributed by atoms with Crippen molar-refractivity contribution in [1.29, 1.82) is 0 Å². The maximum atomic E-state index is 14.2. The molecule has 0 radical (unpaired) electrons. The van der Waals surface area contributed by atoms with Crippen LogP contribution in [0, 0.1) is 0 Å². The third-order valence-corrected chi connectivity index (χ3v) is 11.0. The standard InChI is InChI=1S/C32H35N2O4P/c1-4-6-22-31(3,33)32(24-28(35)38-32)34-29(30(36)37-23-5-2)39(25-16-10-7-11-17-25,26-18-12-8-13-19-26)27-20-14-9-15-21-27/h5-22,34H,2,4,23-24,33H2,1,3H3/b22-6-/t31-,32-/m0/s1. The summed E-state index contributed by atoms with van der Waals surface area (Å²) in [5.41, 5.74) is 4.63. The number of nitrogens with two attached hydrogens (primary N) is 1. The summed E-state index contributed by atoms with van der Waals surface area (Å²) in [6.07, 6.45) is 6.03. The van der Waals surface area contributed by atoms with Gasteiger partial charge in [-0.2, -0.15) is 0 Å². The van der Waals surface area contributed by atoms with Crippen LogP contribution < -0.4 is 27.0 Å². The molecule has 0 aromatic heterocycles. The number of carbonyl (C=O) groups excluding carboxylic acids is 2. The van der Waals surface area contributed by atoms with Gasteiger partial charge in [-0.3, -0.25) is 4.79 Å². The fourth-order valence-electron chi connectivity index (χ4n) is 4.85. The van der Waals surface area contributed by atoms with Gasteiger partial charge in [-0.1, -0.05) is 123 Å². The van der Waals surface area contributed by atoms with Crippen LogP contribution in [0.3, 0.4) is 0 Å². The minimum absolute atomic E-state index is 0.00926. The van der Waals surface area contributed by atoms with Crippen molar-refractivity contribution in [2.45, 2.75) is 38.0 Å². The van der Waals surface area contributed by atoms with E-state index in [1.54, 1.807) is 6.92 Å². The highest BCUT2D eigenvalue weighted by Gasteiger charge is 2.58. The number of esters is 2. The number of cyclic esters (lactones) is 1. The number of hydrogen-bond acceptors (Lipinski definition) is 5. The number of rotatable bonds is 11. The minimum atomic E-state index is -2.92. The largest absolute Gasteiger partial charge is 0.457 e. The Morgan fingerprint density at radius 3 is 1.87 bits per heavy atom. The van der Waals surface area contributed by atoms with E-state index in [1.165, 1.54) is 6.08 Å². The van der Waals surface area contributed by atoms with Crippen LogP contribution in [0.1, 0.15) is 26.7 Å². The summed E-state index contributed by atoms with van der Waals surface area (Å²) in [7, 11) is 0. The van der Waals surface area contributed by atoms with Crippen LogP contribution >= 0.6 is 6.89 Å². The van der Waals surface area contributed by atoms with E-state index in [0.717, 1.165) is 22.3 Å². The van der Waals surface area contributed by atoms with E-state index in [0.29, 0.717) is 5.42 Å². The van der Waals surface area contributed by atoms with Crippen LogP contribution in [0.2, 0.25) is 0 Å². The summed E-state index contributed by atoms with van der Waals surface area (Å²) >= 11 is 0. The first-order chi connectivity index (χ1) is 18.8. The molecule has 3 aromatic carbocycles. The van der Waals surface area contributed by atoms with Crippen LogP contribution in [0.4, 0.5) is 0 Å². The van der Waals surface area contributed by atoms with Crippen molar-refractivity contribution in [3.63, 3.8) is 0 Å². The molecule has 1 fully saturated rings. The number of nitrogens with one attached hydrogen (secondary N) is 1. The highest BCUT2D eigenvalue weighted by molar-refractivity contribution is 7.96. The predicted octanol–water partition coefficient (Wildman–Crippen LogP) is 3.76. The number of carbonyl (C=O) groups is 2. The molecule has 1 aliphatic rings. The summed E-state index contributed by atoms with van der Waals surface area (Å²) in [6.45, 7) is 4.60. The zero-order valence-electron chi connectivity index (χ0n) is 22.4. The molecule has 3 N–H and O–H groups in total. The summed E-state index contributed by atoms with van der Waals surface area (Å²) in [4.78, 5) is 26.5. The van der Waals surface area contributed by atoms with E-state index >= 15 is 0 Å². The molecule has 3 aromatic rings. The first kappa shape index (κ1) is 28.3. The van der Waals surface area contributed by atoms with Gasteiger partial charge < -0.3 is 15.2 Å². The van der Waals surface area contributed by atoms with E-state index in [2.05, 4.69) is 11.9 Å². The average molecular weight is 543 g/mol. The Morgan fingerprint density at radius 1 is 1.03 bits per heavy atom. The SMILES string of the molecule is C=CCOC(=O)C(N[C@@]1([C@@](C)(N)/C=C\CC)CC(=O)O1)=P(c1ccccc1)(c1ccccc1)c1ccccc1. The number of hydrogen-bond donors (Lipinski definition) is 2. The summed E-state index contributed by atoms with van der Waals surface area (Å²) < 4.78 is 11.6.